The number of ether oxygens (including phenoxy) is 2. The van der Waals surface area contributed by atoms with Crippen molar-refractivity contribution in [2.45, 2.75) is 13.0 Å². The molecule has 4 heterocycles. The highest BCUT2D eigenvalue weighted by Gasteiger charge is 2.34. The van der Waals surface area contributed by atoms with Crippen LogP contribution in [0.25, 0.3) is 10.7 Å². The summed E-state index contributed by atoms with van der Waals surface area (Å²) < 4.78 is 11.5. The van der Waals surface area contributed by atoms with Crippen LogP contribution in [0, 0.1) is 6.92 Å². The molecule has 0 N–H and O–H groups in total. The number of rotatable bonds is 3. The van der Waals surface area contributed by atoms with Crippen LogP contribution in [0.4, 0.5) is 0 Å². The molecule has 0 aliphatic carbocycles. The zero-order valence-corrected chi connectivity index (χ0v) is 18.4. The van der Waals surface area contributed by atoms with Crippen molar-refractivity contribution in [3.05, 3.63) is 59.2 Å². The van der Waals surface area contributed by atoms with E-state index in [2.05, 4.69) is 9.97 Å². The molecule has 0 spiro atoms. The van der Waals surface area contributed by atoms with E-state index in [4.69, 9.17) is 9.47 Å². The first-order valence-corrected chi connectivity index (χ1v) is 11.3. The molecule has 5 rings (SSSR count). The third kappa shape index (κ3) is 3.91. The molecule has 1 saturated heterocycles. The molecule has 2 amide bonds. The van der Waals surface area contributed by atoms with Gasteiger partial charge in [-0.05, 0) is 31.2 Å². The van der Waals surface area contributed by atoms with Crippen molar-refractivity contribution in [3.63, 3.8) is 0 Å². The number of fused-ring (bicyclic) bond motifs is 1. The lowest BCUT2D eigenvalue weighted by Crippen LogP contribution is -2.55. The standard InChI is InChI=1S/C23H22N4O4S/c1-15-20(32-21(25-15)16-6-4-5-9-24-16)23(29)27-12-10-26(11-13-27)22(28)19-14-30-17-7-2-3-8-18(17)31-19/h2-9,19H,10-14H2,1H3/t19-/m0/s1. The zero-order chi connectivity index (χ0) is 22.1. The molecule has 3 aromatic rings. The van der Waals surface area contributed by atoms with Gasteiger partial charge in [-0.3, -0.25) is 14.6 Å². The number of hydrogen-bond acceptors (Lipinski definition) is 7. The lowest BCUT2D eigenvalue weighted by molar-refractivity contribution is -0.142. The maximum Gasteiger partial charge on any atom is 0.267 e. The van der Waals surface area contributed by atoms with E-state index in [-0.39, 0.29) is 18.4 Å². The second kappa shape index (κ2) is 8.58. The molecule has 0 bridgehead atoms. The van der Waals surface area contributed by atoms with Crippen molar-refractivity contribution in [2.75, 3.05) is 32.8 Å². The van der Waals surface area contributed by atoms with Crippen molar-refractivity contribution in [1.29, 1.82) is 0 Å². The Labute approximate surface area is 189 Å². The lowest BCUT2D eigenvalue weighted by atomic mass is 10.2. The average molecular weight is 451 g/mol. The van der Waals surface area contributed by atoms with Crippen molar-refractivity contribution < 1.29 is 19.1 Å². The van der Waals surface area contributed by atoms with Gasteiger partial charge in [0, 0.05) is 32.4 Å². The van der Waals surface area contributed by atoms with Gasteiger partial charge in [0.1, 0.15) is 16.5 Å². The van der Waals surface area contributed by atoms with E-state index < -0.39 is 6.10 Å². The van der Waals surface area contributed by atoms with Gasteiger partial charge in [-0.15, -0.1) is 11.3 Å². The van der Waals surface area contributed by atoms with E-state index in [1.54, 1.807) is 22.1 Å². The third-order valence-corrected chi connectivity index (χ3v) is 6.71. The SMILES string of the molecule is Cc1nc(-c2ccccn2)sc1C(=O)N1CCN(C(=O)[C@@H]2COc3ccccc3O2)CC1. The molecule has 164 valence electrons. The van der Waals surface area contributed by atoms with E-state index in [0.717, 1.165) is 10.7 Å². The molecule has 1 fully saturated rings. The average Bonchev–Trinajstić information content (AvgIpc) is 3.25. The molecule has 9 heteroatoms. The van der Waals surface area contributed by atoms with Gasteiger partial charge < -0.3 is 19.3 Å². The maximum absolute atomic E-state index is 13.1. The third-order valence-electron chi connectivity index (χ3n) is 5.54. The first kappa shape index (κ1) is 20.4. The highest BCUT2D eigenvalue weighted by Crippen LogP contribution is 2.31. The van der Waals surface area contributed by atoms with Gasteiger partial charge in [-0.1, -0.05) is 18.2 Å². The molecule has 0 unspecified atom stereocenters. The van der Waals surface area contributed by atoms with E-state index in [1.807, 2.05) is 43.3 Å². The molecule has 1 atom stereocenters. The highest BCUT2D eigenvalue weighted by atomic mass is 32.1. The molecule has 8 nitrogen and oxygen atoms in total. The predicted molar refractivity (Wildman–Crippen MR) is 119 cm³/mol. The Morgan fingerprint density at radius 3 is 2.47 bits per heavy atom. The second-order valence-corrected chi connectivity index (χ2v) is 8.63. The summed E-state index contributed by atoms with van der Waals surface area (Å²) in [6.07, 6.45) is 1.04. The van der Waals surface area contributed by atoms with Crippen molar-refractivity contribution in [2.24, 2.45) is 0 Å². The van der Waals surface area contributed by atoms with Crippen molar-refractivity contribution >= 4 is 23.2 Å². The fourth-order valence-electron chi connectivity index (χ4n) is 3.81. The first-order valence-electron chi connectivity index (χ1n) is 10.5. The molecule has 0 radical (unpaired) electrons. The number of para-hydroxylation sites is 2. The molecular weight excluding hydrogens is 428 g/mol. The Morgan fingerprint density at radius 1 is 1.00 bits per heavy atom. The van der Waals surface area contributed by atoms with Crippen LogP contribution < -0.4 is 9.47 Å². The number of piperazine rings is 1. The highest BCUT2D eigenvalue weighted by molar-refractivity contribution is 7.17. The van der Waals surface area contributed by atoms with Gasteiger partial charge in [0.05, 0.1) is 11.4 Å². The van der Waals surface area contributed by atoms with Gasteiger partial charge in [0.25, 0.3) is 11.8 Å². The van der Waals surface area contributed by atoms with Crippen LogP contribution in [-0.2, 0) is 4.79 Å². The second-order valence-electron chi connectivity index (χ2n) is 7.63. The van der Waals surface area contributed by atoms with Crippen LogP contribution in [0.1, 0.15) is 15.4 Å². The zero-order valence-electron chi connectivity index (χ0n) is 17.6. The van der Waals surface area contributed by atoms with Crippen LogP contribution in [-0.4, -0.2) is 70.5 Å². The summed E-state index contributed by atoms with van der Waals surface area (Å²) in [4.78, 5) is 39.0. The number of benzene rings is 1. The molecule has 2 aromatic heterocycles. The Hall–Kier alpha value is -3.46. The Kier molecular flexibility index (Phi) is 5.48. The van der Waals surface area contributed by atoms with Crippen LogP contribution in [0.2, 0.25) is 0 Å². The van der Waals surface area contributed by atoms with Gasteiger partial charge in [-0.25, -0.2) is 4.98 Å². The van der Waals surface area contributed by atoms with Gasteiger partial charge in [0.2, 0.25) is 6.10 Å². The number of aromatic nitrogens is 2. The minimum absolute atomic E-state index is 0.0551. The summed E-state index contributed by atoms with van der Waals surface area (Å²) in [6.45, 7) is 3.86. The van der Waals surface area contributed by atoms with E-state index in [9.17, 15) is 9.59 Å². The number of hydrogen-bond donors (Lipinski definition) is 0. The monoisotopic (exact) mass is 450 g/mol. The molecule has 32 heavy (non-hydrogen) atoms. The van der Waals surface area contributed by atoms with Crippen LogP contribution in [0.15, 0.2) is 48.7 Å². The van der Waals surface area contributed by atoms with Crippen LogP contribution in [0.5, 0.6) is 11.5 Å². The smallest absolute Gasteiger partial charge is 0.267 e. The lowest BCUT2D eigenvalue weighted by Gasteiger charge is -2.37. The van der Waals surface area contributed by atoms with E-state index >= 15 is 0 Å². The number of carbonyl (C=O) groups is 2. The molecule has 1 aromatic carbocycles. The Bertz CT molecular complexity index is 1140. The summed E-state index contributed by atoms with van der Waals surface area (Å²) in [5.74, 6) is 1.06. The predicted octanol–water partition coefficient (Wildman–Crippen LogP) is 2.64. The fourth-order valence-corrected chi connectivity index (χ4v) is 4.82. The maximum atomic E-state index is 13.1. The van der Waals surface area contributed by atoms with Crippen molar-refractivity contribution in [1.82, 2.24) is 19.8 Å². The summed E-state index contributed by atoms with van der Waals surface area (Å²) >= 11 is 1.36. The topological polar surface area (TPSA) is 84.9 Å². The van der Waals surface area contributed by atoms with E-state index in [0.29, 0.717) is 48.2 Å². The van der Waals surface area contributed by atoms with Gasteiger partial charge in [-0.2, -0.15) is 0 Å². The van der Waals surface area contributed by atoms with Crippen molar-refractivity contribution in [3.8, 4) is 22.2 Å². The summed E-state index contributed by atoms with van der Waals surface area (Å²) in [5.41, 5.74) is 1.46. The minimum atomic E-state index is -0.670. The van der Waals surface area contributed by atoms with Gasteiger partial charge in [0.15, 0.2) is 11.5 Å². The number of aryl methyl sites for hydroxylation is 1. The van der Waals surface area contributed by atoms with Crippen LogP contribution >= 0.6 is 11.3 Å². The fraction of sp³-hybridized carbons (Fsp3) is 0.304. The van der Waals surface area contributed by atoms with E-state index in [1.165, 1.54) is 11.3 Å². The van der Waals surface area contributed by atoms with Crippen LogP contribution in [0.3, 0.4) is 0 Å². The minimum Gasteiger partial charge on any atom is -0.485 e. The number of nitrogens with zero attached hydrogens (tertiary/aromatic N) is 4. The molecule has 0 saturated carbocycles. The summed E-state index contributed by atoms with van der Waals surface area (Å²) in [5, 5.41) is 0.731. The quantitative estimate of drug-likeness (QED) is 0.610. The number of carbonyl (C=O) groups excluding carboxylic acids is 2. The molecular formula is C23H22N4O4S. The molecule has 2 aliphatic rings. The van der Waals surface area contributed by atoms with Gasteiger partial charge >= 0.3 is 0 Å². The normalized spacial score (nSPS) is 17.8. The summed E-state index contributed by atoms with van der Waals surface area (Å²) in [7, 11) is 0. The molecule has 2 aliphatic heterocycles. The Morgan fingerprint density at radius 2 is 1.72 bits per heavy atom. The number of pyridine rings is 1. The number of thiazole rings is 1. The first-order chi connectivity index (χ1) is 15.6. The number of amides is 2. The largest absolute Gasteiger partial charge is 0.485 e. The Balaban J connectivity index is 1.21. The summed E-state index contributed by atoms with van der Waals surface area (Å²) in [6, 6.07) is 13.0.